The first-order valence-electron chi connectivity index (χ1n) is 12.9. The molecule has 0 aliphatic carbocycles. The minimum absolute atomic E-state index is 0.0478. The summed E-state index contributed by atoms with van der Waals surface area (Å²) < 4.78 is 1.82. The third kappa shape index (κ3) is 7.31. The molecule has 1 aliphatic heterocycles. The van der Waals surface area contributed by atoms with E-state index in [-0.39, 0.29) is 31.1 Å². The molecule has 1 aromatic carbocycles. The maximum atomic E-state index is 13.4. The smallest absolute Gasteiger partial charge is 0.271 e. The first-order chi connectivity index (χ1) is 18.2. The number of hydrogen-bond donors (Lipinski definition) is 5. The fraction of sp³-hybridized carbons (Fsp3) is 0.500. The summed E-state index contributed by atoms with van der Waals surface area (Å²) in [7, 11) is 1.82. The van der Waals surface area contributed by atoms with Crippen LogP contribution in [-0.4, -0.2) is 64.2 Å². The Hall–Kier alpha value is -3.93. The van der Waals surface area contributed by atoms with Crippen molar-refractivity contribution in [2.45, 2.75) is 63.5 Å². The molecule has 0 spiro atoms. The lowest BCUT2D eigenvalue weighted by atomic mass is 10.1. The van der Waals surface area contributed by atoms with Gasteiger partial charge in [0, 0.05) is 43.9 Å². The van der Waals surface area contributed by atoms with Crippen LogP contribution in [0.1, 0.15) is 61.9 Å². The number of hydrazine groups is 1. The molecule has 0 bridgehead atoms. The Morgan fingerprint density at radius 3 is 2.55 bits per heavy atom. The lowest BCUT2D eigenvalue weighted by molar-refractivity contribution is -0.131. The number of carbonyl (C=O) groups excluding carboxylic acids is 5. The van der Waals surface area contributed by atoms with Crippen molar-refractivity contribution >= 4 is 40.4 Å². The molecule has 2 atom stereocenters. The zero-order valence-electron chi connectivity index (χ0n) is 21.7. The summed E-state index contributed by atoms with van der Waals surface area (Å²) >= 11 is 0. The molecule has 2 heterocycles. The zero-order valence-corrected chi connectivity index (χ0v) is 21.7. The number of fused-ring (bicyclic) bond motifs is 1. The van der Waals surface area contributed by atoms with E-state index >= 15 is 0 Å². The highest BCUT2D eigenvalue weighted by atomic mass is 16.2. The Morgan fingerprint density at radius 1 is 1.08 bits per heavy atom. The summed E-state index contributed by atoms with van der Waals surface area (Å²) in [6.07, 6.45) is 3.38. The molecule has 12 heteroatoms. The van der Waals surface area contributed by atoms with E-state index in [9.17, 15) is 24.0 Å². The van der Waals surface area contributed by atoms with E-state index in [1.54, 1.807) is 4.90 Å². The number of carbonyl (C=O) groups is 5. The number of benzene rings is 1. The average Bonchev–Trinajstić information content (AvgIpc) is 3.53. The summed E-state index contributed by atoms with van der Waals surface area (Å²) in [6.45, 7) is 0.776. The lowest BCUT2D eigenvalue weighted by Gasteiger charge is -2.26. The Balaban J connectivity index is 1.64. The molecule has 1 aliphatic rings. The van der Waals surface area contributed by atoms with Crippen molar-refractivity contribution in [3.63, 3.8) is 0 Å². The van der Waals surface area contributed by atoms with Gasteiger partial charge in [0.15, 0.2) is 0 Å². The Morgan fingerprint density at radius 2 is 1.84 bits per heavy atom. The van der Waals surface area contributed by atoms with Gasteiger partial charge in [-0.1, -0.05) is 24.6 Å². The summed E-state index contributed by atoms with van der Waals surface area (Å²) in [4.78, 5) is 63.7. The van der Waals surface area contributed by atoms with Gasteiger partial charge < -0.3 is 25.8 Å². The minimum atomic E-state index is -0.972. The molecular formula is C26H37N7O5. The van der Waals surface area contributed by atoms with E-state index in [1.165, 1.54) is 0 Å². The number of para-hydroxylation sites is 1. The topological polar surface area (TPSA) is 182 Å². The number of primary amides is 1. The Bertz CT molecular complexity index is 1180. The number of hydrogen-bond acceptors (Lipinski definition) is 6. The van der Waals surface area contributed by atoms with Crippen LogP contribution in [0.2, 0.25) is 0 Å². The Kier molecular flexibility index (Phi) is 10.2. The fourth-order valence-electron chi connectivity index (χ4n) is 4.74. The van der Waals surface area contributed by atoms with E-state index in [1.807, 2.05) is 47.4 Å². The van der Waals surface area contributed by atoms with Crippen molar-refractivity contribution in [3.8, 4) is 0 Å². The molecule has 1 aromatic heterocycles. The highest BCUT2D eigenvalue weighted by Gasteiger charge is 2.37. The second-order valence-corrected chi connectivity index (χ2v) is 9.54. The molecule has 0 unspecified atom stereocenters. The minimum Gasteiger partial charge on any atom is -0.370 e. The average molecular weight is 528 g/mol. The third-order valence-electron chi connectivity index (χ3n) is 6.84. The van der Waals surface area contributed by atoms with E-state index in [0.29, 0.717) is 50.9 Å². The highest BCUT2D eigenvalue weighted by molar-refractivity contribution is 6.01. The molecule has 3 rings (SSSR count). The summed E-state index contributed by atoms with van der Waals surface area (Å²) in [5.41, 5.74) is 8.56. The van der Waals surface area contributed by atoms with Gasteiger partial charge in [-0.05, 0) is 44.2 Å². The number of unbranched alkanes of at least 4 members (excludes halogenated alkanes) is 2. The van der Waals surface area contributed by atoms with Crippen molar-refractivity contribution in [2.75, 3.05) is 13.1 Å². The van der Waals surface area contributed by atoms with E-state index in [4.69, 9.17) is 11.6 Å². The van der Waals surface area contributed by atoms with Crippen molar-refractivity contribution in [1.82, 2.24) is 25.5 Å². The second kappa shape index (κ2) is 13.6. The molecule has 1 saturated heterocycles. The first kappa shape index (κ1) is 28.6. The van der Waals surface area contributed by atoms with Crippen LogP contribution in [0.4, 0.5) is 0 Å². The summed E-state index contributed by atoms with van der Waals surface area (Å²) in [6, 6.07) is 7.78. The van der Waals surface area contributed by atoms with Crippen LogP contribution < -0.4 is 27.6 Å². The predicted molar refractivity (Wildman–Crippen MR) is 141 cm³/mol. The number of aromatic nitrogens is 1. The number of nitrogens with two attached hydrogens (primary N) is 2. The van der Waals surface area contributed by atoms with Crippen LogP contribution in [-0.2, 0) is 26.2 Å². The van der Waals surface area contributed by atoms with Gasteiger partial charge in [0.25, 0.3) is 5.91 Å². The number of nitrogens with zero attached hydrogens (tertiary/aromatic N) is 2. The number of nitrogens with one attached hydrogen (secondary N) is 3. The number of aryl methyl sites for hydroxylation is 1. The van der Waals surface area contributed by atoms with Gasteiger partial charge in [-0.2, -0.15) is 0 Å². The van der Waals surface area contributed by atoms with Crippen molar-refractivity contribution in [2.24, 2.45) is 18.6 Å². The second-order valence-electron chi connectivity index (χ2n) is 9.54. The van der Waals surface area contributed by atoms with Gasteiger partial charge in [0.1, 0.15) is 17.8 Å². The van der Waals surface area contributed by atoms with Crippen LogP contribution in [0, 0.1) is 0 Å². The van der Waals surface area contributed by atoms with Crippen LogP contribution in [0.5, 0.6) is 0 Å². The van der Waals surface area contributed by atoms with Gasteiger partial charge in [-0.25, -0.2) is 5.84 Å². The standard InChI is InChI=1S/C26H37N7O5/c1-32-19-9-5-4-8-17(19)16-21(32)26(38)33-15-7-10-20(33)25(37)30-18(12-13-23(35)31-28)24(36)29-14-6-2-3-11-22(27)34/h4-5,8-9,16,18,20H,2-3,6-7,10-15,28H2,1H3,(H2,27,34)(H,29,36)(H,30,37)(H,31,35)/t18-,20-/m0/s1. The largest absolute Gasteiger partial charge is 0.370 e. The first-order valence-corrected chi connectivity index (χ1v) is 12.9. The molecule has 5 amide bonds. The van der Waals surface area contributed by atoms with Crippen LogP contribution in [0.3, 0.4) is 0 Å². The van der Waals surface area contributed by atoms with Crippen molar-refractivity contribution < 1.29 is 24.0 Å². The third-order valence-corrected chi connectivity index (χ3v) is 6.84. The summed E-state index contributed by atoms with van der Waals surface area (Å²) in [5, 5.41) is 6.46. The van der Waals surface area contributed by atoms with Gasteiger partial charge in [-0.3, -0.25) is 29.4 Å². The molecule has 0 saturated carbocycles. The number of rotatable bonds is 13. The SMILES string of the molecule is Cn1c(C(=O)N2CCC[C@H]2C(=O)N[C@@H](CCC(=O)NN)C(=O)NCCCCCC(N)=O)cc2ccccc21. The summed E-state index contributed by atoms with van der Waals surface area (Å²) in [5.74, 6) is 3.22. The lowest BCUT2D eigenvalue weighted by Crippen LogP contribution is -2.53. The van der Waals surface area contributed by atoms with Gasteiger partial charge in [-0.15, -0.1) is 0 Å². The van der Waals surface area contributed by atoms with Gasteiger partial charge in [0.05, 0.1) is 0 Å². The number of likely N-dealkylation sites (tertiary alicyclic amines) is 1. The normalized spacial score (nSPS) is 15.7. The molecular weight excluding hydrogens is 490 g/mol. The van der Waals surface area contributed by atoms with Crippen LogP contribution in [0.15, 0.2) is 30.3 Å². The molecule has 1 fully saturated rings. The molecule has 206 valence electrons. The van der Waals surface area contributed by atoms with Gasteiger partial charge in [0.2, 0.25) is 23.6 Å². The fourth-order valence-corrected chi connectivity index (χ4v) is 4.74. The maximum absolute atomic E-state index is 13.4. The molecule has 2 aromatic rings. The van der Waals surface area contributed by atoms with Gasteiger partial charge >= 0.3 is 0 Å². The predicted octanol–water partition coefficient (Wildman–Crippen LogP) is 0.200. The van der Waals surface area contributed by atoms with Crippen molar-refractivity contribution in [3.05, 3.63) is 36.0 Å². The monoisotopic (exact) mass is 527 g/mol. The molecule has 0 radical (unpaired) electrons. The van der Waals surface area contributed by atoms with E-state index in [0.717, 1.165) is 10.9 Å². The maximum Gasteiger partial charge on any atom is 0.271 e. The molecule has 12 nitrogen and oxygen atoms in total. The van der Waals surface area contributed by atoms with E-state index in [2.05, 4.69) is 10.6 Å². The van der Waals surface area contributed by atoms with Crippen LogP contribution in [0.25, 0.3) is 10.9 Å². The molecule has 38 heavy (non-hydrogen) atoms. The zero-order chi connectivity index (χ0) is 27.7. The van der Waals surface area contributed by atoms with Crippen molar-refractivity contribution in [1.29, 1.82) is 0 Å². The molecule has 7 N–H and O–H groups in total. The quantitative estimate of drug-likeness (QED) is 0.107. The van der Waals surface area contributed by atoms with E-state index < -0.39 is 29.8 Å². The highest BCUT2D eigenvalue weighted by Crippen LogP contribution is 2.24. The van der Waals surface area contributed by atoms with Crippen LogP contribution >= 0.6 is 0 Å². The number of amides is 5. The Labute approximate surface area is 221 Å².